The van der Waals surface area contributed by atoms with Crippen LogP contribution in [0.25, 0.3) is 6.08 Å². The van der Waals surface area contributed by atoms with E-state index < -0.39 is 12.1 Å². The number of aliphatic carboxylic acids is 1. The van der Waals surface area contributed by atoms with E-state index in [1.165, 1.54) is 18.7 Å². The largest absolute Gasteiger partial charge is 0.479 e. The monoisotopic (exact) mass is 382 g/mol. The lowest BCUT2D eigenvalue weighted by Crippen LogP contribution is -2.22. The van der Waals surface area contributed by atoms with Crippen molar-refractivity contribution >= 4 is 40.6 Å². The summed E-state index contributed by atoms with van der Waals surface area (Å²) in [5.74, 6) is -0.774. The molecule has 1 fully saturated rings. The number of carboxylic acids is 1. The third-order valence-electron chi connectivity index (χ3n) is 3.72. The predicted octanol–water partition coefficient (Wildman–Crippen LogP) is 3.74. The van der Waals surface area contributed by atoms with Gasteiger partial charge < -0.3 is 15.2 Å². The molecule has 3 rings (SSSR count). The van der Waals surface area contributed by atoms with Crippen molar-refractivity contribution in [2.75, 3.05) is 0 Å². The highest BCUT2D eigenvalue weighted by atomic mass is 32.2. The fourth-order valence-corrected chi connectivity index (χ4v) is 3.19. The van der Waals surface area contributed by atoms with E-state index in [1.54, 1.807) is 30.3 Å². The van der Waals surface area contributed by atoms with E-state index in [9.17, 15) is 9.59 Å². The molecule has 0 aromatic heterocycles. The van der Waals surface area contributed by atoms with Gasteiger partial charge in [-0.25, -0.2) is 9.79 Å². The van der Waals surface area contributed by atoms with E-state index in [0.29, 0.717) is 15.8 Å². The summed E-state index contributed by atoms with van der Waals surface area (Å²) in [6.07, 6.45) is 0.828. The first kappa shape index (κ1) is 18.7. The highest BCUT2D eigenvalue weighted by Crippen LogP contribution is 2.28. The number of rotatable bonds is 5. The average molecular weight is 382 g/mol. The smallest absolute Gasteiger partial charge is 0.344 e. The van der Waals surface area contributed by atoms with E-state index in [-0.39, 0.29) is 5.91 Å². The maximum Gasteiger partial charge on any atom is 0.344 e. The molecule has 1 aliphatic rings. The van der Waals surface area contributed by atoms with Gasteiger partial charge in [-0.2, -0.15) is 0 Å². The maximum atomic E-state index is 12.2. The van der Waals surface area contributed by atoms with Gasteiger partial charge in [0, 0.05) is 0 Å². The average Bonchev–Trinajstić information content (AvgIpc) is 2.95. The Hall–Kier alpha value is -3.06. The Bertz CT molecular complexity index is 935. The SMILES string of the molecule is Cc1cccc(N=C2NC(=O)/C(=C/c3ccc(O[C@H](C)C(=O)O)cc3)S2)c1. The Morgan fingerprint density at radius 3 is 2.67 bits per heavy atom. The third kappa shape index (κ3) is 4.98. The minimum Gasteiger partial charge on any atom is -0.479 e. The normalized spacial score (nSPS) is 17.8. The molecule has 1 aliphatic heterocycles. The van der Waals surface area contributed by atoms with Crippen LogP contribution in [0.15, 0.2) is 58.4 Å². The summed E-state index contributed by atoms with van der Waals surface area (Å²) in [5, 5.41) is 12.2. The minimum atomic E-state index is -1.03. The Balaban J connectivity index is 1.72. The quantitative estimate of drug-likeness (QED) is 0.769. The second-order valence-corrected chi connectivity index (χ2v) is 7.02. The van der Waals surface area contributed by atoms with Crippen molar-refractivity contribution in [1.29, 1.82) is 0 Å². The van der Waals surface area contributed by atoms with Gasteiger partial charge in [0.25, 0.3) is 5.91 Å². The van der Waals surface area contributed by atoms with E-state index >= 15 is 0 Å². The molecule has 1 amide bonds. The molecular weight excluding hydrogens is 364 g/mol. The summed E-state index contributed by atoms with van der Waals surface area (Å²) in [6, 6.07) is 14.6. The summed E-state index contributed by atoms with van der Waals surface area (Å²) in [4.78, 5) is 28.0. The Morgan fingerprint density at radius 1 is 1.26 bits per heavy atom. The lowest BCUT2D eigenvalue weighted by Gasteiger charge is -2.10. The number of hydrogen-bond donors (Lipinski definition) is 2. The summed E-state index contributed by atoms with van der Waals surface area (Å²) in [5.41, 5.74) is 2.69. The zero-order valence-electron chi connectivity index (χ0n) is 14.8. The number of carbonyl (C=O) groups excluding carboxylic acids is 1. The number of carboxylic acid groups (broad SMARTS) is 1. The number of ether oxygens (including phenoxy) is 1. The second kappa shape index (κ2) is 8.09. The molecule has 1 saturated heterocycles. The van der Waals surface area contributed by atoms with Crippen LogP contribution in [0.1, 0.15) is 18.1 Å². The third-order valence-corrected chi connectivity index (χ3v) is 4.63. The van der Waals surface area contributed by atoms with Crippen molar-refractivity contribution in [1.82, 2.24) is 5.32 Å². The van der Waals surface area contributed by atoms with Crippen LogP contribution >= 0.6 is 11.8 Å². The lowest BCUT2D eigenvalue weighted by molar-refractivity contribution is -0.144. The number of benzene rings is 2. The van der Waals surface area contributed by atoms with Gasteiger partial charge in [0.2, 0.25) is 0 Å². The first-order valence-electron chi connectivity index (χ1n) is 8.26. The van der Waals surface area contributed by atoms with Crippen LogP contribution in [-0.4, -0.2) is 28.3 Å². The molecule has 2 N–H and O–H groups in total. The fourth-order valence-electron chi connectivity index (χ4n) is 2.34. The topological polar surface area (TPSA) is 88.0 Å². The van der Waals surface area contributed by atoms with Crippen LogP contribution in [0, 0.1) is 6.92 Å². The zero-order chi connectivity index (χ0) is 19.4. The number of amidine groups is 1. The molecule has 1 atom stereocenters. The predicted molar refractivity (Wildman–Crippen MR) is 106 cm³/mol. The van der Waals surface area contributed by atoms with Gasteiger partial charge in [0.15, 0.2) is 11.3 Å². The van der Waals surface area contributed by atoms with Crippen LogP contribution in [0.2, 0.25) is 0 Å². The molecule has 0 radical (unpaired) electrons. The number of aryl methyl sites for hydroxylation is 1. The molecule has 1 heterocycles. The van der Waals surface area contributed by atoms with E-state index in [1.807, 2.05) is 31.2 Å². The second-order valence-electron chi connectivity index (χ2n) is 5.99. The molecule has 27 heavy (non-hydrogen) atoms. The number of amides is 1. The summed E-state index contributed by atoms with van der Waals surface area (Å²) < 4.78 is 5.29. The number of nitrogens with one attached hydrogen (secondary N) is 1. The van der Waals surface area contributed by atoms with Crippen molar-refractivity contribution in [3.8, 4) is 5.75 Å². The molecule has 2 aromatic carbocycles. The van der Waals surface area contributed by atoms with Crippen molar-refractivity contribution in [2.45, 2.75) is 20.0 Å². The van der Waals surface area contributed by atoms with E-state index in [4.69, 9.17) is 9.84 Å². The molecule has 138 valence electrons. The molecule has 2 aromatic rings. The van der Waals surface area contributed by atoms with E-state index in [2.05, 4.69) is 10.3 Å². The molecular formula is C20H18N2O4S. The Morgan fingerprint density at radius 2 is 2.00 bits per heavy atom. The molecule has 0 unspecified atom stereocenters. The summed E-state index contributed by atoms with van der Waals surface area (Å²) in [6.45, 7) is 3.45. The number of thioether (sulfide) groups is 1. The van der Waals surface area contributed by atoms with Crippen LogP contribution < -0.4 is 10.1 Å². The van der Waals surface area contributed by atoms with Crippen molar-refractivity contribution in [3.63, 3.8) is 0 Å². The Labute approximate surface area is 161 Å². The molecule has 0 aliphatic carbocycles. The first-order valence-corrected chi connectivity index (χ1v) is 9.08. The standard InChI is InChI=1S/C20H18N2O4S/c1-12-4-3-5-15(10-12)21-20-22-18(23)17(27-20)11-14-6-8-16(9-7-14)26-13(2)19(24)25/h3-11,13H,1-2H3,(H,24,25)(H,21,22,23)/b17-11-/t13-/m1/s1. The van der Waals surface area contributed by atoms with Gasteiger partial charge in [-0.15, -0.1) is 0 Å². The van der Waals surface area contributed by atoms with Gasteiger partial charge in [-0.05, 0) is 67.1 Å². The van der Waals surface area contributed by atoms with Gasteiger partial charge in [-0.1, -0.05) is 24.3 Å². The van der Waals surface area contributed by atoms with Crippen molar-refractivity contribution < 1.29 is 19.4 Å². The zero-order valence-corrected chi connectivity index (χ0v) is 15.6. The highest BCUT2D eigenvalue weighted by Gasteiger charge is 2.23. The first-order chi connectivity index (χ1) is 12.9. The van der Waals surface area contributed by atoms with Crippen molar-refractivity contribution in [2.24, 2.45) is 4.99 Å². The van der Waals surface area contributed by atoms with Crippen LogP contribution in [0.5, 0.6) is 5.75 Å². The number of nitrogens with zero attached hydrogens (tertiary/aromatic N) is 1. The fraction of sp³-hybridized carbons (Fsp3) is 0.150. The number of aliphatic imine (C=N–C) groups is 1. The highest BCUT2D eigenvalue weighted by molar-refractivity contribution is 8.18. The minimum absolute atomic E-state index is 0.203. The summed E-state index contributed by atoms with van der Waals surface area (Å²) in [7, 11) is 0. The molecule has 0 spiro atoms. The van der Waals surface area contributed by atoms with Crippen molar-refractivity contribution in [3.05, 3.63) is 64.6 Å². The number of carbonyl (C=O) groups is 2. The van der Waals surface area contributed by atoms with Gasteiger partial charge in [0.1, 0.15) is 5.75 Å². The van der Waals surface area contributed by atoms with Gasteiger partial charge in [0.05, 0.1) is 10.6 Å². The summed E-state index contributed by atoms with van der Waals surface area (Å²) >= 11 is 1.27. The van der Waals surface area contributed by atoms with Gasteiger partial charge in [-0.3, -0.25) is 4.79 Å². The van der Waals surface area contributed by atoms with Crippen LogP contribution in [0.4, 0.5) is 5.69 Å². The lowest BCUT2D eigenvalue weighted by atomic mass is 10.2. The molecule has 0 bridgehead atoms. The molecule has 6 nitrogen and oxygen atoms in total. The number of hydrogen-bond acceptors (Lipinski definition) is 5. The van der Waals surface area contributed by atoms with E-state index in [0.717, 1.165) is 16.8 Å². The molecule has 7 heteroatoms. The molecule has 0 saturated carbocycles. The Kier molecular flexibility index (Phi) is 5.61. The van der Waals surface area contributed by atoms with Crippen LogP contribution in [-0.2, 0) is 9.59 Å². The van der Waals surface area contributed by atoms with Crippen LogP contribution in [0.3, 0.4) is 0 Å². The maximum absolute atomic E-state index is 12.2. The van der Waals surface area contributed by atoms with Gasteiger partial charge >= 0.3 is 5.97 Å².